The van der Waals surface area contributed by atoms with Crippen molar-refractivity contribution in [3.05, 3.63) is 64.1 Å². The summed E-state index contributed by atoms with van der Waals surface area (Å²) >= 11 is 0. The lowest BCUT2D eigenvalue weighted by Crippen LogP contribution is -2.28. The molecule has 0 aliphatic rings. The number of carbonyl (C=O) groups excluding carboxylic acids is 2. The van der Waals surface area contributed by atoms with Gasteiger partial charge in [0.2, 0.25) is 0 Å². The maximum atomic E-state index is 12.7. The van der Waals surface area contributed by atoms with Gasteiger partial charge in [-0.2, -0.15) is 18.4 Å². The highest BCUT2D eigenvalue weighted by Gasteiger charge is 2.31. The molecule has 0 bridgehead atoms. The van der Waals surface area contributed by atoms with Crippen molar-refractivity contribution in [1.82, 2.24) is 4.57 Å². The second-order valence-corrected chi connectivity index (χ2v) is 5.25. The minimum atomic E-state index is -4.67. The third-order valence-corrected chi connectivity index (χ3v) is 3.30. The van der Waals surface area contributed by atoms with E-state index < -0.39 is 42.3 Å². The molecule has 0 aliphatic heterocycles. The molecule has 1 aromatic carbocycles. The zero-order valence-corrected chi connectivity index (χ0v) is 13.6. The van der Waals surface area contributed by atoms with Crippen LogP contribution in [0.4, 0.5) is 18.9 Å². The van der Waals surface area contributed by atoms with Crippen LogP contribution < -0.4 is 10.9 Å². The van der Waals surface area contributed by atoms with Gasteiger partial charge in [0.15, 0.2) is 6.61 Å². The van der Waals surface area contributed by atoms with E-state index >= 15 is 0 Å². The Morgan fingerprint density at radius 1 is 1.19 bits per heavy atom. The van der Waals surface area contributed by atoms with Gasteiger partial charge < -0.3 is 14.6 Å². The van der Waals surface area contributed by atoms with Crippen molar-refractivity contribution >= 4 is 17.6 Å². The maximum absolute atomic E-state index is 12.7. The van der Waals surface area contributed by atoms with Gasteiger partial charge in [0, 0.05) is 12.3 Å². The van der Waals surface area contributed by atoms with Gasteiger partial charge in [-0.05, 0) is 18.2 Å². The second kappa shape index (κ2) is 8.18. The lowest BCUT2D eigenvalue weighted by Gasteiger charge is -2.11. The van der Waals surface area contributed by atoms with E-state index in [0.717, 1.165) is 0 Å². The van der Waals surface area contributed by atoms with Crippen LogP contribution in [0, 0.1) is 11.3 Å². The summed E-state index contributed by atoms with van der Waals surface area (Å²) in [6.07, 6.45) is -4.18. The first-order chi connectivity index (χ1) is 12.7. The van der Waals surface area contributed by atoms with Gasteiger partial charge in [0.1, 0.15) is 12.6 Å². The lowest BCUT2D eigenvalue weighted by atomic mass is 10.2. The van der Waals surface area contributed by atoms with Crippen molar-refractivity contribution in [3.63, 3.8) is 0 Å². The van der Waals surface area contributed by atoms with Gasteiger partial charge in [-0.3, -0.25) is 14.4 Å². The van der Waals surface area contributed by atoms with E-state index in [9.17, 15) is 27.6 Å². The summed E-state index contributed by atoms with van der Waals surface area (Å²) in [5, 5.41) is 11.3. The predicted molar refractivity (Wildman–Crippen MR) is 86.4 cm³/mol. The van der Waals surface area contributed by atoms with Gasteiger partial charge >= 0.3 is 12.1 Å². The SMILES string of the molecule is N#Cc1ccccc1NC(=O)COC(=O)Cn1cc(C(F)(F)F)ccc1=O. The summed E-state index contributed by atoms with van der Waals surface area (Å²) in [4.78, 5) is 35.0. The van der Waals surface area contributed by atoms with Crippen molar-refractivity contribution in [3.8, 4) is 6.07 Å². The van der Waals surface area contributed by atoms with Gasteiger partial charge in [-0.25, -0.2) is 0 Å². The summed E-state index contributed by atoms with van der Waals surface area (Å²) in [6.45, 7) is -1.52. The van der Waals surface area contributed by atoms with Crippen LogP contribution in [0.1, 0.15) is 11.1 Å². The smallest absolute Gasteiger partial charge is 0.417 e. The number of hydrogen-bond acceptors (Lipinski definition) is 5. The number of carbonyl (C=O) groups is 2. The number of benzene rings is 1. The summed E-state index contributed by atoms with van der Waals surface area (Å²) in [5.41, 5.74) is -1.50. The summed E-state index contributed by atoms with van der Waals surface area (Å²) in [6, 6.07) is 9.28. The number of halogens is 3. The van der Waals surface area contributed by atoms with Crippen molar-refractivity contribution in [2.24, 2.45) is 0 Å². The Kier molecular flexibility index (Phi) is 5.97. The number of rotatable bonds is 5. The Morgan fingerprint density at radius 3 is 2.56 bits per heavy atom. The van der Waals surface area contributed by atoms with Crippen LogP contribution in [0.25, 0.3) is 0 Å². The molecule has 140 valence electrons. The molecule has 27 heavy (non-hydrogen) atoms. The van der Waals surface area contributed by atoms with E-state index in [4.69, 9.17) is 5.26 Å². The van der Waals surface area contributed by atoms with Gasteiger partial charge in [0.05, 0.1) is 16.8 Å². The van der Waals surface area contributed by atoms with E-state index in [0.29, 0.717) is 22.9 Å². The van der Waals surface area contributed by atoms with Crippen molar-refractivity contribution in [1.29, 1.82) is 5.26 Å². The number of aromatic nitrogens is 1. The van der Waals surface area contributed by atoms with Crippen LogP contribution in [0.15, 0.2) is 47.4 Å². The van der Waals surface area contributed by atoms with E-state index in [2.05, 4.69) is 10.1 Å². The number of esters is 1. The molecular formula is C17H12F3N3O4. The predicted octanol–water partition coefficient (Wildman–Crippen LogP) is 1.92. The first-order valence-corrected chi connectivity index (χ1v) is 7.43. The fourth-order valence-electron chi connectivity index (χ4n) is 2.03. The number of pyridine rings is 1. The third-order valence-electron chi connectivity index (χ3n) is 3.30. The third kappa shape index (κ3) is 5.43. The van der Waals surface area contributed by atoms with Crippen molar-refractivity contribution < 1.29 is 27.5 Å². The number of nitriles is 1. The Labute approximate surface area is 150 Å². The molecule has 1 amide bonds. The number of alkyl halides is 3. The maximum Gasteiger partial charge on any atom is 0.417 e. The summed E-state index contributed by atoms with van der Waals surface area (Å²) < 4.78 is 43.2. The van der Waals surface area contributed by atoms with E-state index in [1.807, 2.05) is 6.07 Å². The average Bonchev–Trinajstić information content (AvgIpc) is 2.61. The molecule has 0 saturated heterocycles. The molecule has 10 heteroatoms. The second-order valence-electron chi connectivity index (χ2n) is 5.25. The van der Waals surface area contributed by atoms with Crippen LogP contribution >= 0.6 is 0 Å². The van der Waals surface area contributed by atoms with Gasteiger partial charge in [-0.1, -0.05) is 12.1 Å². The Hall–Kier alpha value is -3.61. The molecule has 2 rings (SSSR count). The number of para-hydroxylation sites is 1. The van der Waals surface area contributed by atoms with Crippen molar-refractivity contribution in [2.45, 2.75) is 12.7 Å². The van der Waals surface area contributed by atoms with Gasteiger partial charge in [0.25, 0.3) is 11.5 Å². The molecule has 0 unspecified atom stereocenters. The normalized spacial score (nSPS) is 10.7. The minimum Gasteiger partial charge on any atom is -0.454 e. The highest BCUT2D eigenvalue weighted by Crippen LogP contribution is 2.27. The molecule has 0 radical (unpaired) electrons. The highest BCUT2D eigenvalue weighted by atomic mass is 19.4. The number of anilines is 1. The quantitative estimate of drug-likeness (QED) is 0.800. The number of nitrogens with zero attached hydrogens (tertiary/aromatic N) is 2. The van der Waals surface area contributed by atoms with Crippen LogP contribution in [0.2, 0.25) is 0 Å². The molecule has 0 saturated carbocycles. The first-order valence-electron chi connectivity index (χ1n) is 7.43. The topological polar surface area (TPSA) is 101 Å². The van der Waals surface area contributed by atoms with Crippen molar-refractivity contribution in [2.75, 3.05) is 11.9 Å². The number of amides is 1. The fraction of sp³-hybridized carbons (Fsp3) is 0.176. The molecule has 0 aliphatic carbocycles. The largest absolute Gasteiger partial charge is 0.454 e. The zero-order valence-electron chi connectivity index (χ0n) is 13.6. The molecule has 0 atom stereocenters. The Morgan fingerprint density at radius 2 is 1.89 bits per heavy atom. The molecule has 1 heterocycles. The monoisotopic (exact) mass is 379 g/mol. The molecular weight excluding hydrogens is 367 g/mol. The average molecular weight is 379 g/mol. The standard InChI is InChI=1S/C17H12F3N3O4/c18-17(19,20)12-5-6-15(25)23(8-12)9-16(26)27-10-14(24)22-13-4-2-1-3-11(13)7-21/h1-6,8H,9-10H2,(H,22,24). The molecule has 0 spiro atoms. The lowest BCUT2D eigenvalue weighted by molar-refractivity contribution is -0.148. The number of hydrogen-bond donors (Lipinski definition) is 1. The Balaban J connectivity index is 1.96. The summed E-state index contributed by atoms with van der Waals surface area (Å²) in [7, 11) is 0. The minimum absolute atomic E-state index is 0.202. The van der Waals surface area contributed by atoms with Crippen LogP contribution in [-0.2, 0) is 27.0 Å². The molecule has 0 fully saturated rings. The van der Waals surface area contributed by atoms with E-state index in [1.54, 1.807) is 12.1 Å². The molecule has 2 aromatic rings. The Bertz CT molecular complexity index is 961. The molecule has 1 N–H and O–H groups in total. The highest BCUT2D eigenvalue weighted by molar-refractivity contribution is 5.93. The summed E-state index contributed by atoms with van der Waals surface area (Å²) in [5.74, 6) is -1.82. The van der Waals surface area contributed by atoms with E-state index in [-0.39, 0.29) is 11.3 Å². The molecule has 1 aromatic heterocycles. The van der Waals surface area contributed by atoms with Crippen LogP contribution in [0.3, 0.4) is 0 Å². The number of nitrogens with one attached hydrogen (secondary N) is 1. The van der Waals surface area contributed by atoms with Crippen LogP contribution in [-0.4, -0.2) is 23.1 Å². The molecule has 7 nitrogen and oxygen atoms in total. The van der Waals surface area contributed by atoms with Crippen LogP contribution in [0.5, 0.6) is 0 Å². The first kappa shape index (κ1) is 19.7. The van der Waals surface area contributed by atoms with E-state index in [1.165, 1.54) is 12.1 Å². The number of ether oxygens (including phenoxy) is 1. The zero-order chi connectivity index (χ0) is 20.0. The fourth-order valence-corrected chi connectivity index (χ4v) is 2.03. The van der Waals surface area contributed by atoms with Gasteiger partial charge in [-0.15, -0.1) is 0 Å².